The van der Waals surface area contributed by atoms with Crippen molar-refractivity contribution in [3.8, 4) is 0 Å². The van der Waals surface area contributed by atoms with Crippen molar-refractivity contribution in [2.24, 2.45) is 51.6 Å². The minimum Gasteiger partial charge on any atom is -0.340 e. The van der Waals surface area contributed by atoms with Crippen LogP contribution in [-0.2, 0) is 14.2 Å². The molecule has 31 heavy (non-hydrogen) atoms. The van der Waals surface area contributed by atoms with Gasteiger partial charge in [0.1, 0.15) is 35.9 Å². The highest BCUT2D eigenvalue weighted by molar-refractivity contribution is 7.40. The average Bonchev–Trinajstić information content (AvgIpc) is 3.14. The van der Waals surface area contributed by atoms with Crippen LogP contribution in [0.3, 0.4) is 0 Å². The third-order valence-corrected chi connectivity index (χ3v) is 12.3. The minimum atomic E-state index is -1.06. The van der Waals surface area contributed by atoms with Gasteiger partial charge in [-0.15, -0.1) is 35.6 Å². The molecule has 16 heteroatoms. The van der Waals surface area contributed by atoms with Gasteiger partial charge in [0.2, 0.25) is 0 Å². The quantitative estimate of drug-likeness (QED) is 0.144. The van der Waals surface area contributed by atoms with Crippen LogP contribution >= 0.6 is 35.6 Å². The lowest BCUT2D eigenvalue weighted by atomic mass is 10.1. The molecule has 0 radical (unpaired) electrons. The maximum atomic E-state index is 6.73. The van der Waals surface area contributed by atoms with Gasteiger partial charge in [-0.1, -0.05) is 0 Å². The van der Waals surface area contributed by atoms with Gasteiger partial charge in [-0.2, -0.15) is 0 Å². The zero-order chi connectivity index (χ0) is 23.4. The van der Waals surface area contributed by atoms with Gasteiger partial charge in [-0.05, 0) is 0 Å². The second kappa shape index (κ2) is 9.71. The molecule has 3 saturated heterocycles. The Balaban J connectivity index is 1.70. The Kier molecular flexibility index (Phi) is 8.41. The Hall–Kier alpha value is 1.24. The Labute approximate surface area is 191 Å². The van der Waals surface area contributed by atoms with E-state index in [1.54, 1.807) is 0 Å². The lowest BCUT2D eigenvalue weighted by molar-refractivity contribution is -0.0219. The van der Waals surface area contributed by atoms with E-state index in [2.05, 4.69) is 18.5 Å². The summed E-state index contributed by atoms with van der Waals surface area (Å²) >= 11 is 0. The van der Waals surface area contributed by atoms with Crippen molar-refractivity contribution < 1.29 is 14.2 Å². The molecule has 3 rings (SSSR count). The highest BCUT2D eigenvalue weighted by atomic mass is 31.1. The molecule has 12 nitrogen and oxygen atoms in total. The molecular formula is C15H39N9O3P4. The van der Waals surface area contributed by atoms with Crippen molar-refractivity contribution in [1.82, 2.24) is 0 Å². The lowest BCUT2D eigenvalue weighted by Crippen LogP contribution is -2.57. The van der Waals surface area contributed by atoms with E-state index in [9.17, 15) is 0 Å². The first-order valence-electron chi connectivity index (χ1n) is 10.1. The number of hydrogen-bond acceptors (Lipinski definition) is 12. The van der Waals surface area contributed by atoms with Crippen molar-refractivity contribution in [1.29, 1.82) is 0 Å². The van der Waals surface area contributed by atoms with Gasteiger partial charge in [0.05, 0.1) is 18.1 Å². The highest BCUT2D eigenvalue weighted by Crippen LogP contribution is 2.47. The van der Waals surface area contributed by atoms with E-state index in [0.717, 1.165) is 0 Å². The predicted molar refractivity (Wildman–Crippen MR) is 134 cm³/mol. The first-order chi connectivity index (χ1) is 14.3. The fourth-order valence-electron chi connectivity index (χ4n) is 4.42. The molecule has 0 aromatic rings. The Morgan fingerprint density at radius 3 is 1.48 bits per heavy atom. The second-order valence-electron chi connectivity index (χ2n) is 8.79. The Morgan fingerprint density at radius 1 is 0.645 bits per heavy atom. The molecule has 16 atom stereocenters. The molecule has 3 fully saturated rings. The summed E-state index contributed by atoms with van der Waals surface area (Å²) in [6.45, 7) is 0. The molecule has 0 aromatic carbocycles. The topological polar surface area (TPSA) is 262 Å². The van der Waals surface area contributed by atoms with Crippen LogP contribution in [0.15, 0.2) is 0 Å². The normalized spacial score (nSPS) is 56.0. The van der Waals surface area contributed by atoms with Crippen LogP contribution in [0.5, 0.6) is 0 Å². The molecule has 0 spiro atoms. The third-order valence-electron chi connectivity index (χ3n) is 6.52. The average molecular weight is 517 g/mol. The molecule has 3 aliphatic rings. The predicted octanol–water partition coefficient (Wildman–Crippen LogP) is -4.91. The second-order valence-corrected chi connectivity index (χ2v) is 12.7. The van der Waals surface area contributed by atoms with Crippen LogP contribution in [-0.4, -0.2) is 89.4 Å². The zero-order valence-corrected chi connectivity index (χ0v) is 21.7. The van der Waals surface area contributed by atoms with E-state index in [0.29, 0.717) is 18.5 Å². The molecule has 3 aliphatic heterocycles. The molecular weight excluding hydrogens is 478 g/mol. The van der Waals surface area contributed by atoms with E-state index >= 15 is 0 Å². The van der Waals surface area contributed by atoms with Gasteiger partial charge < -0.3 is 65.8 Å². The van der Waals surface area contributed by atoms with Gasteiger partial charge >= 0.3 is 0 Å². The molecule has 3 heterocycles. The number of hydrogen-bond donors (Lipinski definition) is 9. The summed E-state index contributed by atoms with van der Waals surface area (Å²) in [7, 11) is 5.69. The summed E-state index contributed by atoms with van der Waals surface area (Å²) < 4.78 is 17.5. The van der Waals surface area contributed by atoms with Crippen molar-refractivity contribution in [3.05, 3.63) is 0 Å². The molecule has 182 valence electrons. The molecule has 0 saturated carbocycles. The van der Waals surface area contributed by atoms with Crippen LogP contribution in [0.2, 0.25) is 0 Å². The summed E-state index contributed by atoms with van der Waals surface area (Å²) in [4.78, 5) is 0. The van der Waals surface area contributed by atoms with E-state index in [1.807, 2.05) is 0 Å². The van der Waals surface area contributed by atoms with E-state index in [4.69, 9.17) is 65.8 Å². The van der Waals surface area contributed by atoms with Gasteiger partial charge in [-0.3, -0.25) is 0 Å². The van der Waals surface area contributed by atoms with Gasteiger partial charge in [0, 0.05) is 35.5 Å². The number of nitrogens with two attached hydrogens (primary N) is 9. The SMILES string of the molecule is NC1OC(N)(CP[C@H]2[C@@H](N)C(N)OC2(N)CP[C@H]2[C@@H](N)C(N)OC2(N)CP)[C@@H](P)[C@H]1N. The van der Waals surface area contributed by atoms with Crippen LogP contribution in [0, 0.1) is 0 Å². The first kappa shape index (κ1) is 26.8. The first-order valence-corrected chi connectivity index (χ1v) is 14.2. The van der Waals surface area contributed by atoms with Crippen molar-refractivity contribution in [3.63, 3.8) is 0 Å². The van der Waals surface area contributed by atoms with Gasteiger partial charge in [0.15, 0.2) is 0 Å². The van der Waals surface area contributed by atoms with E-state index in [-0.39, 0.29) is 40.2 Å². The smallest absolute Gasteiger partial charge is 0.130 e. The van der Waals surface area contributed by atoms with Crippen LogP contribution in [0.25, 0.3) is 0 Å². The zero-order valence-electron chi connectivity index (χ0n) is 17.4. The summed E-state index contributed by atoms with van der Waals surface area (Å²) in [5, 5.41) is 0. The summed E-state index contributed by atoms with van der Waals surface area (Å²) in [5.41, 5.74) is 52.8. The summed E-state index contributed by atoms with van der Waals surface area (Å²) in [5.74, 6) is 0. The van der Waals surface area contributed by atoms with Crippen LogP contribution in [0.4, 0.5) is 0 Å². The minimum absolute atomic E-state index is 0.174. The Morgan fingerprint density at radius 2 is 1.03 bits per heavy atom. The fraction of sp³-hybridized carbons (Fsp3) is 1.00. The largest absolute Gasteiger partial charge is 0.340 e. The fourth-order valence-corrected chi connectivity index (χ4v) is 9.54. The number of ether oxygens (including phenoxy) is 3. The summed E-state index contributed by atoms with van der Waals surface area (Å²) in [6.07, 6.45) is -0.518. The van der Waals surface area contributed by atoms with Crippen LogP contribution < -0.4 is 51.6 Å². The molecule has 10 unspecified atom stereocenters. The molecule has 18 N–H and O–H groups in total. The van der Waals surface area contributed by atoms with Gasteiger partial charge in [-0.25, -0.2) is 0 Å². The molecule has 0 bridgehead atoms. The number of rotatable bonds is 7. The lowest BCUT2D eigenvalue weighted by Gasteiger charge is -2.37. The van der Waals surface area contributed by atoms with Gasteiger partial charge in [0.25, 0.3) is 0 Å². The maximum Gasteiger partial charge on any atom is 0.130 e. The van der Waals surface area contributed by atoms with Crippen molar-refractivity contribution in [2.45, 2.75) is 71.0 Å². The van der Waals surface area contributed by atoms with E-state index in [1.165, 1.54) is 0 Å². The summed E-state index contributed by atoms with van der Waals surface area (Å²) in [6, 6.07) is -1.24. The maximum absolute atomic E-state index is 6.73. The Bertz CT molecular complexity index is 661. The molecule has 0 aliphatic carbocycles. The molecule has 0 aromatic heterocycles. The third kappa shape index (κ3) is 4.98. The standard InChI is InChI=1S/C15H39N9O3P4/c16-4-7(29)14(23,26-10(4)19)2-30-9-6(18)12(21)27-15(9,24)3-31-8-5(17)11(20)25-13(8,22)1-28/h4-12,30-31H,1-3,16-24,28-29H2/t4-,5-,6-,7+,8+,9+,10?,11?,12?,13?,14?,15?/m1/s1. The molecule has 0 amide bonds. The highest BCUT2D eigenvalue weighted by Gasteiger charge is 2.55. The van der Waals surface area contributed by atoms with Crippen molar-refractivity contribution >= 4 is 35.6 Å². The van der Waals surface area contributed by atoms with E-state index < -0.39 is 47.9 Å². The van der Waals surface area contributed by atoms with Crippen LogP contribution in [0.1, 0.15) is 0 Å². The monoisotopic (exact) mass is 517 g/mol. The van der Waals surface area contributed by atoms with Crippen molar-refractivity contribution in [2.75, 3.05) is 18.5 Å².